The lowest BCUT2D eigenvalue weighted by molar-refractivity contribution is 0.0661. The third kappa shape index (κ3) is 4.34. The normalized spacial score (nSPS) is 16.6. The van der Waals surface area contributed by atoms with Crippen LogP contribution in [0.15, 0.2) is 36.5 Å². The van der Waals surface area contributed by atoms with Crippen molar-refractivity contribution in [1.29, 1.82) is 5.26 Å². The second-order valence-corrected chi connectivity index (χ2v) is 6.81. The van der Waals surface area contributed by atoms with Crippen molar-refractivity contribution in [3.05, 3.63) is 59.2 Å². The first kappa shape index (κ1) is 18.6. The summed E-state index contributed by atoms with van der Waals surface area (Å²) in [7, 11) is 1.75. The molecule has 3 rings (SSSR count). The van der Waals surface area contributed by atoms with E-state index in [0.29, 0.717) is 36.5 Å². The molecule has 2 amide bonds. The Morgan fingerprint density at radius 3 is 2.74 bits per heavy atom. The Bertz CT molecular complexity index is 882. The second kappa shape index (κ2) is 8.04. The van der Waals surface area contributed by atoms with E-state index in [-0.39, 0.29) is 23.5 Å². The minimum Gasteiger partial charge on any atom is -0.352 e. The van der Waals surface area contributed by atoms with Crippen LogP contribution in [0.4, 0.5) is 4.39 Å². The van der Waals surface area contributed by atoms with Crippen molar-refractivity contribution in [3.8, 4) is 6.07 Å². The predicted molar refractivity (Wildman–Crippen MR) is 97.5 cm³/mol. The van der Waals surface area contributed by atoms with Crippen molar-refractivity contribution in [2.24, 2.45) is 13.0 Å². The Labute approximate surface area is 157 Å². The molecule has 27 heavy (non-hydrogen) atoms. The smallest absolute Gasteiger partial charge is 0.270 e. The summed E-state index contributed by atoms with van der Waals surface area (Å²) >= 11 is 0. The molecule has 1 aliphatic heterocycles. The summed E-state index contributed by atoms with van der Waals surface area (Å²) in [6.45, 7) is 1.67. The second-order valence-electron chi connectivity index (χ2n) is 6.81. The highest BCUT2D eigenvalue weighted by molar-refractivity contribution is 5.94. The molecule has 0 radical (unpaired) electrons. The van der Waals surface area contributed by atoms with E-state index in [0.717, 1.165) is 12.8 Å². The van der Waals surface area contributed by atoms with Crippen molar-refractivity contribution in [2.45, 2.75) is 12.8 Å². The van der Waals surface area contributed by atoms with Crippen LogP contribution in [-0.2, 0) is 7.05 Å². The number of likely N-dealkylation sites (tertiary alicyclic amines) is 1. The van der Waals surface area contributed by atoms with Gasteiger partial charge in [0.2, 0.25) is 0 Å². The number of carbonyl (C=O) groups excluding carboxylic acids is 2. The zero-order valence-electron chi connectivity index (χ0n) is 15.1. The van der Waals surface area contributed by atoms with Crippen LogP contribution in [0.1, 0.15) is 39.3 Å². The maximum absolute atomic E-state index is 12.9. The Kier molecular flexibility index (Phi) is 5.55. The minimum absolute atomic E-state index is 0.103. The van der Waals surface area contributed by atoms with Crippen LogP contribution >= 0.6 is 0 Å². The summed E-state index contributed by atoms with van der Waals surface area (Å²) in [5.74, 6) is -0.580. The van der Waals surface area contributed by atoms with E-state index in [4.69, 9.17) is 5.26 Å². The largest absolute Gasteiger partial charge is 0.352 e. The van der Waals surface area contributed by atoms with Gasteiger partial charge in [-0.1, -0.05) is 0 Å². The number of hydrogen-bond acceptors (Lipinski definition) is 3. The van der Waals surface area contributed by atoms with Crippen LogP contribution in [0, 0.1) is 23.1 Å². The average Bonchev–Trinajstić information content (AvgIpc) is 3.07. The number of piperidine rings is 1. The Balaban J connectivity index is 1.58. The van der Waals surface area contributed by atoms with Gasteiger partial charge in [-0.25, -0.2) is 4.39 Å². The lowest BCUT2D eigenvalue weighted by atomic mass is 9.97. The highest BCUT2D eigenvalue weighted by Crippen LogP contribution is 2.19. The SMILES string of the molecule is Cn1cc(C#N)cc1C(=O)N1CCCC(CNC(=O)c2ccc(F)cc2)C1. The summed E-state index contributed by atoms with van der Waals surface area (Å²) in [5.41, 5.74) is 1.36. The van der Waals surface area contributed by atoms with Gasteiger partial charge < -0.3 is 14.8 Å². The Morgan fingerprint density at radius 1 is 1.33 bits per heavy atom. The van der Waals surface area contributed by atoms with E-state index in [1.165, 1.54) is 24.3 Å². The number of benzene rings is 1. The summed E-state index contributed by atoms with van der Waals surface area (Å²) in [6, 6.07) is 9.05. The fraction of sp³-hybridized carbons (Fsp3) is 0.350. The van der Waals surface area contributed by atoms with Crippen molar-refractivity contribution < 1.29 is 14.0 Å². The van der Waals surface area contributed by atoms with Crippen LogP contribution in [0.2, 0.25) is 0 Å². The van der Waals surface area contributed by atoms with E-state index < -0.39 is 0 Å². The molecular formula is C20H21FN4O2. The first-order valence-corrected chi connectivity index (χ1v) is 8.87. The quantitative estimate of drug-likeness (QED) is 0.900. The van der Waals surface area contributed by atoms with Gasteiger partial charge in [0.1, 0.15) is 17.6 Å². The van der Waals surface area contributed by atoms with Crippen molar-refractivity contribution in [1.82, 2.24) is 14.8 Å². The summed E-state index contributed by atoms with van der Waals surface area (Å²) in [5, 5.41) is 11.9. The Hall–Kier alpha value is -3.14. The molecule has 0 spiro atoms. The molecule has 140 valence electrons. The molecule has 2 aromatic rings. The molecule has 0 saturated carbocycles. The molecule has 1 saturated heterocycles. The van der Waals surface area contributed by atoms with Crippen LogP contribution in [0.3, 0.4) is 0 Å². The molecule has 1 unspecified atom stereocenters. The molecule has 1 N–H and O–H groups in total. The summed E-state index contributed by atoms with van der Waals surface area (Å²) in [6.07, 6.45) is 3.42. The maximum atomic E-state index is 12.9. The van der Waals surface area contributed by atoms with Gasteiger partial charge in [-0.2, -0.15) is 5.26 Å². The molecule has 1 atom stereocenters. The molecule has 6 nitrogen and oxygen atoms in total. The van der Waals surface area contributed by atoms with Crippen LogP contribution in [0.5, 0.6) is 0 Å². The van der Waals surface area contributed by atoms with E-state index in [1.807, 2.05) is 6.07 Å². The first-order valence-electron chi connectivity index (χ1n) is 8.87. The van der Waals surface area contributed by atoms with Crippen molar-refractivity contribution in [2.75, 3.05) is 19.6 Å². The van der Waals surface area contributed by atoms with Crippen molar-refractivity contribution in [3.63, 3.8) is 0 Å². The molecule has 2 heterocycles. The minimum atomic E-state index is -0.381. The molecule has 1 aromatic heterocycles. The number of aryl methyl sites for hydroxylation is 1. The van der Waals surface area contributed by atoms with E-state index in [2.05, 4.69) is 5.32 Å². The van der Waals surface area contributed by atoms with E-state index >= 15 is 0 Å². The summed E-state index contributed by atoms with van der Waals surface area (Å²) in [4.78, 5) is 26.7. The number of carbonyl (C=O) groups is 2. The first-order chi connectivity index (χ1) is 13.0. The van der Waals surface area contributed by atoms with Crippen molar-refractivity contribution >= 4 is 11.8 Å². The molecular weight excluding hydrogens is 347 g/mol. The van der Waals surface area contributed by atoms with Gasteiger partial charge in [0.25, 0.3) is 11.8 Å². The van der Waals surface area contributed by atoms with Gasteiger partial charge in [-0.3, -0.25) is 9.59 Å². The highest BCUT2D eigenvalue weighted by atomic mass is 19.1. The third-order valence-corrected chi connectivity index (χ3v) is 4.82. The van der Waals surface area contributed by atoms with Crippen LogP contribution < -0.4 is 5.32 Å². The number of nitriles is 1. The lowest BCUT2D eigenvalue weighted by Gasteiger charge is -2.33. The van der Waals surface area contributed by atoms with Gasteiger partial charge in [0.15, 0.2) is 0 Å². The number of amides is 2. The fourth-order valence-corrected chi connectivity index (χ4v) is 3.36. The molecule has 1 fully saturated rings. The van der Waals surface area contributed by atoms with E-state index in [1.54, 1.807) is 28.8 Å². The number of aromatic nitrogens is 1. The maximum Gasteiger partial charge on any atom is 0.270 e. The molecule has 7 heteroatoms. The van der Waals surface area contributed by atoms with Gasteiger partial charge in [-0.05, 0) is 49.1 Å². The molecule has 0 bridgehead atoms. The molecule has 1 aliphatic rings. The van der Waals surface area contributed by atoms with Gasteiger partial charge >= 0.3 is 0 Å². The van der Waals surface area contributed by atoms with Gasteiger partial charge in [0.05, 0.1) is 5.56 Å². The number of nitrogens with one attached hydrogen (secondary N) is 1. The van der Waals surface area contributed by atoms with Crippen LogP contribution in [-0.4, -0.2) is 40.9 Å². The van der Waals surface area contributed by atoms with Crippen LogP contribution in [0.25, 0.3) is 0 Å². The fourth-order valence-electron chi connectivity index (χ4n) is 3.36. The molecule has 0 aliphatic carbocycles. The average molecular weight is 368 g/mol. The van der Waals surface area contributed by atoms with Gasteiger partial charge in [0, 0.05) is 38.4 Å². The Morgan fingerprint density at radius 2 is 2.07 bits per heavy atom. The standard InChI is InChI=1S/C20H21FN4O2/c1-24-12-15(10-22)9-18(24)20(27)25-8-2-3-14(13-25)11-23-19(26)16-4-6-17(21)7-5-16/h4-7,9,12,14H,2-3,8,11,13H2,1H3,(H,23,26). The molecule has 1 aromatic carbocycles. The third-order valence-electron chi connectivity index (χ3n) is 4.82. The number of halogens is 1. The van der Waals surface area contributed by atoms with E-state index in [9.17, 15) is 14.0 Å². The number of nitrogens with zero attached hydrogens (tertiary/aromatic N) is 3. The highest BCUT2D eigenvalue weighted by Gasteiger charge is 2.26. The zero-order chi connectivity index (χ0) is 19.4. The van der Waals surface area contributed by atoms with Gasteiger partial charge in [-0.15, -0.1) is 0 Å². The predicted octanol–water partition coefficient (Wildman–Crippen LogP) is 2.32. The lowest BCUT2D eigenvalue weighted by Crippen LogP contribution is -2.44. The zero-order valence-corrected chi connectivity index (χ0v) is 15.1. The topological polar surface area (TPSA) is 78.1 Å². The summed E-state index contributed by atoms with van der Waals surface area (Å²) < 4.78 is 14.6. The number of rotatable bonds is 4. The monoisotopic (exact) mass is 368 g/mol. The number of hydrogen-bond donors (Lipinski definition) is 1.